The van der Waals surface area contributed by atoms with E-state index in [4.69, 9.17) is 10.5 Å². The molecule has 0 aromatic heterocycles. The van der Waals surface area contributed by atoms with Crippen LogP contribution in [0.4, 0.5) is 0 Å². The average molecular weight is 268 g/mol. The third-order valence-corrected chi connectivity index (χ3v) is 5.09. The predicted octanol–water partition coefficient (Wildman–Crippen LogP) is 2.64. The van der Waals surface area contributed by atoms with Crippen LogP contribution in [0, 0.1) is 11.3 Å². The van der Waals surface area contributed by atoms with Crippen molar-refractivity contribution in [2.24, 2.45) is 17.1 Å². The highest BCUT2D eigenvalue weighted by atomic mass is 16.5. The summed E-state index contributed by atoms with van der Waals surface area (Å²) < 4.78 is 5.29. The summed E-state index contributed by atoms with van der Waals surface area (Å²) in [7, 11) is 1.80. The highest BCUT2D eigenvalue weighted by Gasteiger charge is 2.41. The van der Waals surface area contributed by atoms with Crippen LogP contribution in [0.1, 0.15) is 52.9 Å². The zero-order valence-corrected chi connectivity index (χ0v) is 13.2. The van der Waals surface area contributed by atoms with Gasteiger partial charge in [-0.15, -0.1) is 0 Å². The maximum Gasteiger partial charge on any atom is 0.0589 e. The Bertz CT molecular complexity index is 283. The first-order valence-corrected chi connectivity index (χ1v) is 7.93. The molecule has 3 unspecified atom stereocenters. The predicted molar refractivity (Wildman–Crippen MR) is 80.2 cm³/mol. The van der Waals surface area contributed by atoms with Gasteiger partial charge in [0.2, 0.25) is 0 Å². The molecule has 3 nitrogen and oxygen atoms in total. The average Bonchev–Trinajstić information content (AvgIpc) is 3.14. The van der Waals surface area contributed by atoms with Crippen molar-refractivity contribution in [1.82, 2.24) is 4.90 Å². The smallest absolute Gasteiger partial charge is 0.0589 e. The second-order valence-corrected chi connectivity index (χ2v) is 7.57. The van der Waals surface area contributed by atoms with E-state index in [0.29, 0.717) is 17.5 Å². The second-order valence-electron chi connectivity index (χ2n) is 7.57. The van der Waals surface area contributed by atoms with Crippen molar-refractivity contribution in [2.45, 2.75) is 71.0 Å². The van der Waals surface area contributed by atoms with Gasteiger partial charge in [0, 0.05) is 31.8 Å². The summed E-state index contributed by atoms with van der Waals surface area (Å²) >= 11 is 0. The standard InChI is InChI=1S/C16H32N2O/c1-16(2,3)12-5-8-14(17)15(11-12)18(9-10-19-4)13-6-7-13/h12-15H,5-11,17H2,1-4H3. The van der Waals surface area contributed by atoms with Gasteiger partial charge in [0.1, 0.15) is 0 Å². The molecule has 0 amide bonds. The fraction of sp³-hybridized carbons (Fsp3) is 1.00. The minimum Gasteiger partial charge on any atom is -0.383 e. The maximum absolute atomic E-state index is 6.44. The van der Waals surface area contributed by atoms with E-state index in [9.17, 15) is 0 Å². The van der Waals surface area contributed by atoms with Crippen molar-refractivity contribution in [3.8, 4) is 0 Å². The van der Waals surface area contributed by atoms with Crippen molar-refractivity contribution in [3.05, 3.63) is 0 Å². The molecule has 0 aromatic carbocycles. The van der Waals surface area contributed by atoms with E-state index in [1.54, 1.807) is 7.11 Å². The van der Waals surface area contributed by atoms with Crippen LogP contribution in [0.2, 0.25) is 0 Å². The van der Waals surface area contributed by atoms with E-state index in [1.165, 1.54) is 32.1 Å². The zero-order chi connectivity index (χ0) is 14.0. The molecule has 0 aliphatic heterocycles. The molecule has 112 valence electrons. The highest BCUT2D eigenvalue weighted by molar-refractivity contribution is 4.97. The maximum atomic E-state index is 6.44. The fourth-order valence-electron chi connectivity index (χ4n) is 3.56. The third-order valence-electron chi connectivity index (χ3n) is 5.09. The van der Waals surface area contributed by atoms with Crippen LogP contribution in [-0.4, -0.2) is 43.3 Å². The Labute approximate surface area is 118 Å². The monoisotopic (exact) mass is 268 g/mol. The molecular weight excluding hydrogens is 236 g/mol. The van der Waals surface area contributed by atoms with Gasteiger partial charge in [-0.3, -0.25) is 4.90 Å². The molecule has 3 heteroatoms. The van der Waals surface area contributed by atoms with Gasteiger partial charge in [-0.1, -0.05) is 20.8 Å². The summed E-state index contributed by atoms with van der Waals surface area (Å²) in [6.07, 6.45) is 6.46. The van der Waals surface area contributed by atoms with Crippen LogP contribution < -0.4 is 5.73 Å². The number of hydrogen-bond donors (Lipinski definition) is 1. The number of ether oxygens (including phenoxy) is 1. The topological polar surface area (TPSA) is 38.5 Å². The lowest BCUT2D eigenvalue weighted by atomic mass is 9.69. The van der Waals surface area contributed by atoms with Crippen LogP contribution >= 0.6 is 0 Å². The Morgan fingerprint density at radius 3 is 2.37 bits per heavy atom. The summed E-state index contributed by atoms with van der Waals surface area (Å²) in [5, 5.41) is 0. The molecule has 0 heterocycles. The molecule has 2 saturated carbocycles. The number of nitrogens with two attached hydrogens (primary N) is 1. The van der Waals surface area contributed by atoms with Gasteiger partial charge in [0.25, 0.3) is 0 Å². The van der Waals surface area contributed by atoms with E-state index in [2.05, 4.69) is 25.7 Å². The SMILES string of the molecule is COCCN(C1CC1)C1CC(C(C)(C)C)CCC1N. The quantitative estimate of drug-likeness (QED) is 0.833. The molecule has 2 N–H and O–H groups in total. The lowest BCUT2D eigenvalue weighted by Crippen LogP contribution is -2.54. The van der Waals surface area contributed by atoms with Crippen molar-refractivity contribution in [1.29, 1.82) is 0 Å². The molecule has 0 bridgehead atoms. The van der Waals surface area contributed by atoms with Crippen LogP contribution in [0.3, 0.4) is 0 Å². The van der Waals surface area contributed by atoms with Crippen LogP contribution in [0.5, 0.6) is 0 Å². The van der Waals surface area contributed by atoms with Gasteiger partial charge in [-0.25, -0.2) is 0 Å². The van der Waals surface area contributed by atoms with Crippen molar-refractivity contribution >= 4 is 0 Å². The van der Waals surface area contributed by atoms with E-state index in [1.807, 2.05) is 0 Å². The third kappa shape index (κ3) is 3.93. The molecular formula is C16H32N2O. The first-order valence-electron chi connectivity index (χ1n) is 7.93. The van der Waals surface area contributed by atoms with Gasteiger partial charge in [0.15, 0.2) is 0 Å². The highest BCUT2D eigenvalue weighted by Crippen LogP contribution is 2.41. The van der Waals surface area contributed by atoms with Crippen molar-refractivity contribution in [2.75, 3.05) is 20.3 Å². The summed E-state index contributed by atoms with van der Waals surface area (Å²) in [4.78, 5) is 2.66. The molecule has 3 atom stereocenters. The van der Waals surface area contributed by atoms with E-state index in [-0.39, 0.29) is 0 Å². The fourth-order valence-corrected chi connectivity index (χ4v) is 3.56. The van der Waals surface area contributed by atoms with Crippen molar-refractivity contribution < 1.29 is 4.74 Å². The Morgan fingerprint density at radius 2 is 1.84 bits per heavy atom. The van der Waals surface area contributed by atoms with E-state index < -0.39 is 0 Å². The summed E-state index contributed by atoms with van der Waals surface area (Å²) in [6.45, 7) is 9.02. The van der Waals surface area contributed by atoms with Gasteiger partial charge >= 0.3 is 0 Å². The Hall–Kier alpha value is -0.120. The summed E-state index contributed by atoms with van der Waals surface area (Å²) in [5.74, 6) is 0.807. The van der Waals surface area contributed by atoms with Gasteiger partial charge in [0.05, 0.1) is 6.61 Å². The molecule has 0 saturated heterocycles. The molecule has 0 aromatic rings. The van der Waals surface area contributed by atoms with Crippen LogP contribution in [-0.2, 0) is 4.74 Å². The molecule has 0 spiro atoms. The Balaban J connectivity index is 2.01. The lowest BCUT2D eigenvalue weighted by Gasteiger charge is -2.45. The zero-order valence-electron chi connectivity index (χ0n) is 13.2. The molecule has 0 radical (unpaired) electrons. The van der Waals surface area contributed by atoms with E-state index in [0.717, 1.165) is 25.1 Å². The van der Waals surface area contributed by atoms with Gasteiger partial charge in [-0.05, 0) is 43.4 Å². The van der Waals surface area contributed by atoms with Gasteiger partial charge in [-0.2, -0.15) is 0 Å². The number of rotatable bonds is 5. The minimum atomic E-state index is 0.357. The molecule has 2 rings (SSSR count). The summed E-state index contributed by atoms with van der Waals surface area (Å²) in [5.41, 5.74) is 6.85. The number of methoxy groups -OCH3 is 1. The first kappa shape index (κ1) is 15.3. The number of hydrogen-bond acceptors (Lipinski definition) is 3. The Morgan fingerprint density at radius 1 is 1.16 bits per heavy atom. The Kier molecular flexibility index (Phi) is 4.91. The molecule has 2 aliphatic rings. The number of nitrogens with zero attached hydrogens (tertiary/aromatic N) is 1. The van der Waals surface area contributed by atoms with E-state index >= 15 is 0 Å². The molecule has 19 heavy (non-hydrogen) atoms. The first-order chi connectivity index (χ1) is 8.93. The molecule has 2 aliphatic carbocycles. The van der Waals surface area contributed by atoms with Gasteiger partial charge < -0.3 is 10.5 Å². The minimum absolute atomic E-state index is 0.357. The second kappa shape index (κ2) is 6.11. The van der Waals surface area contributed by atoms with Crippen molar-refractivity contribution in [3.63, 3.8) is 0 Å². The normalized spacial score (nSPS) is 32.8. The van der Waals surface area contributed by atoms with Crippen LogP contribution in [0.15, 0.2) is 0 Å². The molecule has 2 fully saturated rings. The lowest BCUT2D eigenvalue weighted by molar-refractivity contribution is 0.0462. The largest absolute Gasteiger partial charge is 0.383 e. The van der Waals surface area contributed by atoms with Crippen LogP contribution in [0.25, 0.3) is 0 Å². The summed E-state index contributed by atoms with van der Waals surface area (Å²) in [6, 6.07) is 1.71.